The van der Waals surface area contributed by atoms with Gasteiger partial charge in [-0.1, -0.05) is 35.9 Å². The van der Waals surface area contributed by atoms with Crippen LogP contribution in [0.25, 0.3) is 5.57 Å². The number of esters is 1. The fourth-order valence-corrected chi connectivity index (χ4v) is 3.23. The molecule has 2 aromatic rings. The molecule has 0 saturated carbocycles. The fourth-order valence-electron chi connectivity index (χ4n) is 3.03. The maximum absolute atomic E-state index is 12.4. The van der Waals surface area contributed by atoms with Crippen molar-refractivity contribution in [2.45, 2.75) is 12.5 Å². The van der Waals surface area contributed by atoms with E-state index in [9.17, 15) is 4.79 Å². The lowest BCUT2D eigenvalue weighted by molar-refractivity contribution is -0.147. The molecule has 0 N–H and O–H groups in total. The molecule has 4 nitrogen and oxygen atoms in total. The smallest absolute Gasteiger partial charge is 0.327 e. The Morgan fingerprint density at radius 2 is 2.21 bits per heavy atom. The van der Waals surface area contributed by atoms with E-state index in [0.29, 0.717) is 11.6 Å². The molecule has 0 radical (unpaired) electrons. The highest BCUT2D eigenvalue weighted by Gasteiger charge is 2.30. The van der Waals surface area contributed by atoms with Crippen molar-refractivity contribution in [1.82, 2.24) is 9.88 Å². The van der Waals surface area contributed by atoms with Crippen molar-refractivity contribution in [2.24, 2.45) is 0 Å². The third kappa shape index (κ3) is 3.66. The van der Waals surface area contributed by atoms with E-state index in [0.717, 1.165) is 24.1 Å². The molecule has 0 aliphatic carbocycles. The van der Waals surface area contributed by atoms with Crippen molar-refractivity contribution in [2.75, 3.05) is 20.2 Å². The highest BCUT2D eigenvalue weighted by atomic mass is 35.5. The Morgan fingerprint density at radius 3 is 2.92 bits per heavy atom. The van der Waals surface area contributed by atoms with Gasteiger partial charge in [0.05, 0.1) is 7.11 Å². The number of aromatic nitrogens is 1. The lowest BCUT2D eigenvalue weighted by atomic mass is 9.98. The first kappa shape index (κ1) is 16.7. The van der Waals surface area contributed by atoms with Crippen LogP contribution in [0.3, 0.4) is 0 Å². The van der Waals surface area contributed by atoms with Crippen LogP contribution < -0.4 is 0 Å². The molecule has 1 aliphatic rings. The van der Waals surface area contributed by atoms with E-state index in [2.05, 4.69) is 16.0 Å². The van der Waals surface area contributed by atoms with E-state index in [1.165, 1.54) is 12.7 Å². The van der Waals surface area contributed by atoms with Crippen molar-refractivity contribution in [3.63, 3.8) is 0 Å². The molecule has 0 spiro atoms. The van der Waals surface area contributed by atoms with Gasteiger partial charge in [-0.15, -0.1) is 0 Å². The minimum atomic E-state index is -0.464. The molecule has 0 saturated heterocycles. The first-order chi connectivity index (χ1) is 11.7. The van der Waals surface area contributed by atoms with E-state index in [-0.39, 0.29) is 5.97 Å². The van der Waals surface area contributed by atoms with Gasteiger partial charge >= 0.3 is 5.97 Å². The number of benzene rings is 1. The van der Waals surface area contributed by atoms with Crippen LogP contribution in [0, 0.1) is 0 Å². The number of halogens is 1. The van der Waals surface area contributed by atoms with Crippen LogP contribution in [0.15, 0.2) is 54.9 Å². The number of nitrogens with zero attached hydrogens (tertiary/aromatic N) is 2. The number of hydrogen-bond acceptors (Lipinski definition) is 4. The molecule has 1 atom stereocenters. The van der Waals surface area contributed by atoms with Crippen molar-refractivity contribution in [3.05, 3.63) is 71.0 Å². The number of carbonyl (C=O) groups is 1. The van der Waals surface area contributed by atoms with E-state index < -0.39 is 6.04 Å². The molecule has 1 aliphatic heterocycles. The summed E-state index contributed by atoms with van der Waals surface area (Å²) in [6.07, 6.45) is 6.69. The first-order valence-corrected chi connectivity index (χ1v) is 8.23. The summed E-state index contributed by atoms with van der Waals surface area (Å²) in [5.74, 6) is -0.273. The average molecular weight is 343 g/mol. The van der Waals surface area contributed by atoms with Gasteiger partial charge in [-0.2, -0.15) is 0 Å². The van der Waals surface area contributed by atoms with Crippen molar-refractivity contribution in [3.8, 4) is 0 Å². The molecule has 1 aromatic carbocycles. The molecule has 2 heterocycles. The lowest BCUT2D eigenvalue weighted by Gasteiger charge is -2.33. The van der Waals surface area contributed by atoms with Crippen LogP contribution in [0.1, 0.15) is 23.6 Å². The molecule has 24 heavy (non-hydrogen) atoms. The molecular formula is C19H19ClN2O2. The zero-order valence-corrected chi connectivity index (χ0v) is 14.2. The lowest BCUT2D eigenvalue weighted by Crippen LogP contribution is -2.38. The number of methoxy groups -OCH3 is 1. The Hall–Kier alpha value is -2.17. The van der Waals surface area contributed by atoms with Crippen molar-refractivity contribution < 1.29 is 9.53 Å². The fraction of sp³-hybridized carbons (Fsp3) is 0.263. The molecule has 1 aromatic heterocycles. The van der Waals surface area contributed by atoms with E-state index >= 15 is 0 Å². The Morgan fingerprint density at radius 1 is 1.33 bits per heavy atom. The van der Waals surface area contributed by atoms with Gasteiger partial charge in [0.15, 0.2) is 0 Å². The van der Waals surface area contributed by atoms with E-state index in [4.69, 9.17) is 16.3 Å². The molecule has 0 fully saturated rings. The van der Waals surface area contributed by atoms with Gasteiger partial charge in [0.2, 0.25) is 0 Å². The monoisotopic (exact) mass is 342 g/mol. The summed E-state index contributed by atoms with van der Waals surface area (Å²) in [4.78, 5) is 18.7. The summed E-state index contributed by atoms with van der Waals surface area (Å²) in [7, 11) is 1.42. The molecule has 3 rings (SSSR count). The Bertz CT molecular complexity index is 746. The van der Waals surface area contributed by atoms with Crippen LogP contribution >= 0.6 is 11.6 Å². The Kier molecular flexibility index (Phi) is 5.28. The third-order valence-corrected chi connectivity index (χ3v) is 4.40. The minimum Gasteiger partial charge on any atom is -0.468 e. The number of ether oxygens (including phenoxy) is 1. The van der Waals surface area contributed by atoms with Gasteiger partial charge in [0.1, 0.15) is 6.04 Å². The summed E-state index contributed by atoms with van der Waals surface area (Å²) < 4.78 is 5.05. The molecule has 0 unspecified atom stereocenters. The maximum atomic E-state index is 12.4. The van der Waals surface area contributed by atoms with Gasteiger partial charge < -0.3 is 4.74 Å². The van der Waals surface area contributed by atoms with Crippen LogP contribution in [0.4, 0.5) is 0 Å². The third-order valence-electron chi connectivity index (χ3n) is 4.17. The average Bonchev–Trinajstić information content (AvgIpc) is 2.63. The summed E-state index contributed by atoms with van der Waals surface area (Å²) in [6.45, 7) is 1.45. The molecule has 0 amide bonds. The first-order valence-electron chi connectivity index (χ1n) is 7.86. The molecule has 124 valence electrons. The zero-order valence-electron chi connectivity index (χ0n) is 13.5. The standard InChI is InChI=1S/C19H19ClN2O2/c1-24-19(23)18(14-5-2-8-17(20)11-14)22-10-4-7-16(13-22)15-6-3-9-21-12-15/h2-3,5-9,11-12,18H,4,10,13H2,1H3/t18-/m1/s1. The van der Waals surface area contributed by atoms with E-state index in [1.807, 2.05) is 36.5 Å². The van der Waals surface area contributed by atoms with Crippen LogP contribution in [0.5, 0.6) is 0 Å². The minimum absolute atomic E-state index is 0.273. The number of rotatable bonds is 4. The number of pyridine rings is 1. The SMILES string of the molecule is COC(=O)[C@@H](c1cccc(Cl)c1)N1CCC=C(c2cccnc2)C1. The summed E-state index contributed by atoms with van der Waals surface area (Å²) in [5, 5.41) is 0.612. The second-order valence-corrected chi connectivity index (χ2v) is 6.15. The van der Waals surface area contributed by atoms with Gasteiger partial charge in [-0.05, 0) is 41.3 Å². The quantitative estimate of drug-likeness (QED) is 0.794. The second kappa shape index (κ2) is 7.60. The van der Waals surface area contributed by atoms with Crippen LogP contribution in [0.2, 0.25) is 5.02 Å². The predicted octanol–water partition coefficient (Wildman–Crippen LogP) is 3.74. The van der Waals surface area contributed by atoms with Crippen molar-refractivity contribution >= 4 is 23.1 Å². The summed E-state index contributed by atoms with van der Waals surface area (Å²) in [6, 6.07) is 10.9. The second-order valence-electron chi connectivity index (χ2n) is 5.71. The molecule has 0 bridgehead atoms. The topological polar surface area (TPSA) is 42.4 Å². The van der Waals surface area contributed by atoms with Gasteiger partial charge in [0, 0.05) is 30.5 Å². The highest BCUT2D eigenvalue weighted by molar-refractivity contribution is 6.30. The molecular weight excluding hydrogens is 324 g/mol. The summed E-state index contributed by atoms with van der Waals surface area (Å²) >= 11 is 6.11. The number of carbonyl (C=O) groups excluding carboxylic acids is 1. The molecule has 5 heteroatoms. The van der Waals surface area contributed by atoms with Crippen LogP contribution in [-0.2, 0) is 9.53 Å². The van der Waals surface area contributed by atoms with Crippen LogP contribution in [-0.4, -0.2) is 36.1 Å². The largest absolute Gasteiger partial charge is 0.468 e. The normalized spacial score (nSPS) is 16.3. The zero-order chi connectivity index (χ0) is 16.9. The Balaban J connectivity index is 1.89. The van der Waals surface area contributed by atoms with Gasteiger partial charge in [-0.25, -0.2) is 4.79 Å². The Labute approximate surface area is 146 Å². The highest BCUT2D eigenvalue weighted by Crippen LogP contribution is 2.30. The summed E-state index contributed by atoms with van der Waals surface area (Å²) in [5.41, 5.74) is 3.10. The predicted molar refractivity (Wildman–Crippen MR) is 94.6 cm³/mol. The number of hydrogen-bond donors (Lipinski definition) is 0. The van der Waals surface area contributed by atoms with Gasteiger partial charge in [-0.3, -0.25) is 9.88 Å². The van der Waals surface area contributed by atoms with Crippen molar-refractivity contribution in [1.29, 1.82) is 0 Å². The maximum Gasteiger partial charge on any atom is 0.327 e. The van der Waals surface area contributed by atoms with E-state index in [1.54, 1.807) is 12.3 Å². The van der Waals surface area contributed by atoms with Gasteiger partial charge in [0.25, 0.3) is 0 Å².